The van der Waals surface area contributed by atoms with E-state index in [9.17, 15) is 8.42 Å². The minimum Gasteiger partial charge on any atom is -0.225 e. The molecule has 0 amide bonds. The molecule has 0 unspecified atom stereocenters. The Morgan fingerprint density at radius 2 is 1.61 bits per heavy atom. The number of hydrogen-bond donors (Lipinski definition) is 1. The average Bonchev–Trinajstić information content (AvgIpc) is 2.35. The third kappa shape index (κ3) is 4.10. The zero-order valence-electron chi connectivity index (χ0n) is 11.4. The number of hydrogen-bond acceptors (Lipinski definition) is 2. The molecule has 0 aliphatic carbocycles. The van der Waals surface area contributed by atoms with Crippen LogP contribution in [0.15, 0.2) is 29.2 Å². The number of sulfonamides is 1. The summed E-state index contributed by atoms with van der Waals surface area (Å²) in [6.07, 6.45) is 4.43. The Bertz CT molecular complexity index is 473. The molecule has 0 spiro atoms. The fourth-order valence-corrected chi connectivity index (χ4v) is 2.41. The molecule has 1 aromatic rings. The van der Waals surface area contributed by atoms with Crippen molar-refractivity contribution in [3.63, 3.8) is 0 Å². The smallest absolute Gasteiger partial charge is 0.225 e. The Kier molecular flexibility index (Phi) is 4.93. The van der Waals surface area contributed by atoms with Crippen molar-refractivity contribution in [1.29, 1.82) is 0 Å². The lowest BCUT2D eigenvalue weighted by Gasteiger charge is -2.26. The largest absolute Gasteiger partial charge is 0.238 e. The summed E-state index contributed by atoms with van der Waals surface area (Å²) in [5.41, 5.74) is 1.54. The third-order valence-electron chi connectivity index (χ3n) is 3.98. The van der Waals surface area contributed by atoms with Gasteiger partial charge in [-0.3, -0.25) is 0 Å². The molecule has 18 heavy (non-hydrogen) atoms. The molecule has 0 saturated carbocycles. The lowest BCUT2D eigenvalue weighted by atomic mass is 9.79. The van der Waals surface area contributed by atoms with E-state index in [0.717, 1.165) is 18.4 Å². The van der Waals surface area contributed by atoms with E-state index in [0.29, 0.717) is 5.41 Å². The first-order valence-corrected chi connectivity index (χ1v) is 7.97. The quantitative estimate of drug-likeness (QED) is 0.862. The fraction of sp³-hybridized carbons (Fsp3) is 0.571. The van der Waals surface area contributed by atoms with Crippen LogP contribution in [-0.2, 0) is 16.4 Å². The van der Waals surface area contributed by atoms with Crippen molar-refractivity contribution in [2.75, 3.05) is 0 Å². The van der Waals surface area contributed by atoms with E-state index in [2.05, 4.69) is 20.8 Å². The van der Waals surface area contributed by atoms with Gasteiger partial charge in [0, 0.05) is 0 Å². The van der Waals surface area contributed by atoms with E-state index < -0.39 is 10.0 Å². The van der Waals surface area contributed by atoms with Gasteiger partial charge in [-0.1, -0.05) is 45.7 Å². The second kappa shape index (κ2) is 5.85. The molecule has 0 saturated heterocycles. The number of primary sulfonamides is 1. The van der Waals surface area contributed by atoms with Crippen molar-refractivity contribution in [1.82, 2.24) is 0 Å². The molecule has 0 aromatic heterocycles. The van der Waals surface area contributed by atoms with Crippen molar-refractivity contribution in [2.45, 2.75) is 51.3 Å². The predicted octanol–water partition coefficient (Wildman–Crippen LogP) is 3.09. The standard InChI is InChI=1S/C14H23NO2S/c1-4-14(3,5-2)11-10-12-6-8-13(9-7-12)18(15,16)17/h6-9H,4-5,10-11H2,1-3H3,(H2,15,16,17). The van der Waals surface area contributed by atoms with E-state index in [1.54, 1.807) is 12.1 Å². The number of benzene rings is 1. The Morgan fingerprint density at radius 3 is 2.00 bits per heavy atom. The van der Waals surface area contributed by atoms with Crippen LogP contribution in [0.2, 0.25) is 0 Å². The average molecular weight is 269 g/mol. The van der Waals surface area contributed by atoms with Gasteiger partial charge in [-0.25, -0.2) is 13.6 Å². The molecule has 4 heteroatoms. The van der Waals surface area contributed by atoms with Crippen molar-refractivity contribution in [3.05, 3.63) is 29.8 Å². The third-order valence-corrected chi connectivity index (χ3v) is 4.91. The second-order valence-corrected chi connectivity index (χ2v) is 6.77. The van der Waals surface area contributed by atoms with Gasteiger partial charge in [0.1, 0.15) is 0 Å². The highest BCUT2D eigenvalue weighted by atomic mass is 32.2. The van der Waals surface area contributed by atoms with Gasteiger partial charge in [0.2, 0.25) is 10.0 Å². The van der Waals surface area contributed by atoms with E-state index in [4.69, 9.17) is 5.14 Å². The first-order chi connectivity index (χ1) is 8.30. The molecular formula is C14H23NO2S. The molecule has 0 aliphatic heterocycles. The fourth-order valence-electron chi connectivity index (χ4n) is 1.90. The first kappa shape index (κ1) is 15.2. The molecule has 0 aliphatic rings. The molecule has 0 heterocycles. The van der Waals surface area contributed by atoms with Crippen LogP contribution < -0.4 is 5.14 Å². The van der Waals surface area contributed by atoms with Gasteiger partial charge in [0.05, 0.1) is 4.90 Å². The number of rotatable bonds is 6. The lowest BCUT2D eigenvalue weighted by Crippen LogP contribution is -2.15. The van der Waals surface area contributed by atoms with Crippen LogP contribution in [-0.4, -0.2) is 8.42 Å². The van der Waals surface area contributed by atoms with Gasteiger partial charge in [0.25, 0.3) is 0 Å². The summed E-state index contributed by atoms with van der Waals surface area (Å²) in [5.74, 6) is 0. The Morgan fingerprint density at radius 1 is 1.11 bits per heavy atom. The van der Waals surface area contributed by atoms with E-state index in [1.165, 1.54) is 12.8 Å². The molecule has 0 radical (unpaired) electrons. The van der Waals surface area contributed by atoms with Crippen LogP contribution in [0.4, 0.5) is 0 Å². The van der Waals surface area contributed by atoms with Crippen LogP contribution in [0.5, 0.6) is 0 Å². The van der Waals surface area contributed by atoms with Crippen LogP contribution in [0.1, 0.15) is 45.6 Å². The minimum absolute atomic E-state index is 0.181. The van der Waals surface area contributed by atoms with Crippen LogP contribution in [0.25, 0.3) is 0 Å². The van der Waals surface area contributed by atoms with Crippen LogP contribution in [0, 0.1) is 5.41 Å². The molecular weight excluding hydrogens is 246 g/mol. The summed E-state index contributed by atoms with van der Waals surface area (Å²) in [6, 6.07) is 6.87. The lowest BCUT2D eigenvalue weighted by molar-refractivity contribution is 0.273. The van der Waals surface area contributed by atoms with Gasteiger partial charge in [-0.15, -0.1) is 0 Å². The molecule has 102 valence electrons. The van der Waals surface area contributed by atoms with Gasteiger partial charge in [-0.05, 0) is 36.0 Å². The highest BCUT2D eigenvalue weighted by molar-refractivity contribution is 7.89. The molecule has 3 nitrogen and oxygen atoms in total. The van der Waals surface area contributed by atoms with Crippen molar-refractivity contribution >= 4 is 10.0 Å². The molecule has 0 bridgehead atoms. The van der Waals surface area contributed by atoms with Crippen LogP contribution >= 0.6 is 0 Å². The van der Waals surface area contributed by atoms with Gasteiger partial charge >= 0.3 is 0 Å². The maximum atomic E-state index is 11.1. The van der Waals surface area contributed by atoms with Gasteiger partial charge < -0.3 is 0 Å². The van der Waals surface area contributed by atoms with Crippen molar-refractivity contribution < 1.29 is 8.42 Å². The van der Waals surface area contributed by atoms with Gasteiger partial charge in [-0.2, -0.15) is 0 Å². The monoisotopic (exact) mass is 269 g/mol. The number of nitrogens with two attached hydrogens (primary N) is 1. The zero-order valence-corrected chi connectivity index (χ0v) is 12.3. The summed E-state index contributed by atoms with van der Waals surface area (Å²) in [6.45, 7) is 6.73. The summed E-state index contributed by atoms with van der Waals surface area (Å²) in [5, 5.41) is 5.07. The summed E-state index contributed by atoms with van der Waals surface area (Å²) < 4.78 is 22.3. The topological polar surface area (TPSA) is 60.2 Å². The second-order valence-electron chi connectivity index (χ2n) is 5.21. The van der Waals surface area contributed by atoms with Gasteiger partial charge in [0.15, 0.2) is 0 Å². The van der Waals surface area contributed by atoms with Crippen LogP contribution in [0.3, 0.4) is 0 Å². The molecule has 1 rings (SSSR count). The highest BCUT2D eigenvalue weighted by Crippen LogP contribution is 2.31. The summed E-state index contributed by atoms with van der Waals surface area (Å²) in [7, 11) is -3.57. The molecule has 0 fully saturated rings. The van der Waals surface area contributed by atoms with Crippen molar-refractivity contribution in [2.24, 2.45) is 10.6 Å². The Labute approximate surface area is 110 Å². The molecule has 0 atom stereocenters. The Hall–Kier alpha value is -0.870. The maximum Gasteiger partial charge on any atom is 0.238 e. The predicted molar refractivity (Wildman–Crippen MR) is 74.8 cm³/mol. The molecule has 1 aromatic carbocycles. The minimum atomic E-state index is -3.57. The normalized spacial score (nSPS) is 12.7. The maximum absolute atomic E-state index is 11.1. The SMILES string of the molecule is CCC(C)(CC)CCc1ccc(S(N)(=O)=O)cc1. The molecule has 2 N–H and O–H groups in total. The van der Waals surface area contributed by atoms with E-state index in [-0.39, 0.29) is 4.90 Å². The highest BCUT2D eigenvalue weighted by Gasteiger charge is 2.19. The Balaban J connectivity index is 2.71. The van der Waals surface area contributed by atoms with E-state index >= 15 is 0 Å². The number of aryl methyl sites for hydroxylation is 1. The zero-order chi connectivity index (χ0) is 13.8. The summed E-state index contributed by atoms with van der Waals surface area (Å²) >= 11 is 0. The van der Waals surface area contributed by atoms with E-state index in [1.807, 2.05) is 12.1 Å². The summed E-state index contributed by atoms with van der Waals surface area (Å²) in [4.78, 5) is 0.181. The first-order valence-electron chi connectivity index (χ1n) is 6.42. The van der Waals surface area contributed by atoms with Crippen molar-refractivity contribution in [3.8, 4) is 0 Å².